The molecule has 0 saturated carbocycles. The largest absolute Gasteiger partial charge is 0.286 e. The van der Waals surface area contributed by atoms with E-state index in [0.717, 1.165) is 0 Å². The molecule has 0 bridgehead atoms. The van der Waals surface area contributed by atoms with Crippen molar-refractivity contribution in [2.24, 2.45) is 4.99 Å². The van der Waals surface area contributed by atoms with E-state index in [4.69, 9.17) is 11.6 Å². The number of hydrogen-bond acceptors (Lipinski definition) is 5. The highest BCUT2D eigenvalue weighted by atomic mass is 35.5. The highest BCUT2D eigenvalue weighted by molar-refractivity contribution is 7.91. The lowest BCUT2D eigenvalue weighted by Crippen LogP contribution is -2.16. The van der Waals surface area contributed by atoms with Crippen LogP contribution in [0, 0.1) is 10.1 Å². The molecule has 1 aliphatic heterocycles. The summed E-state index contributed by atoms with van der Waals surface area (Å²) >= 11 is 5.90. The number of nitro groups is 1. The number of nitrogens with zero attached hydrogens (tertiary/aromatic N) is 2. The molecule has 2 unspecified atom stereocenters. The average molecular weight is 303 g/mol. The van der Waals surface area contributed by atoms with Crippen LogP contribution in [0.3, 0.4) is 0 Å². The zero-order valence-corrected chi connectivity index (χ0v) is 11.3. The molecule has 1 aromatic rings. The Morgan fingerprint density at radius 1 is 1.37 bits per heavy atom. The first-order valence-corrected chi connectivity index (χ1v) is 7.76. The summed E-state index contributed by atoms with van der Waals surface area (Å²) in [6.45, 7) is 0. The van der Waals surface area contributed by atoms with Gasteiger partial charge in [0.05, 0.1) is 33.4 Å². The maximum Gasteiger partial charge on any atom is 0.278 e. The van der Waals surface area contributed by atoms with Gasteiger partial charge in [0.25, 0.3) is 5.69 Å². The van der Waals surface area contributed by atoms with E-state index in [1.165, 1.54) is 12.3 Å². The van der Waals surface area contributed by atoms with E-state index in [1.54, 1.807) is 18.2 Å². The smallest absolute Gasteiger partial charge is 0.278 e. The van der Waals surface area contributed by atoms with Crippen molar-refractivity contribution in [2.45, 2.75) is 11.4 Å². The molecule has 1 heterocycles. The first kappa shape index (κ1) is 14.0. The Kier molecular flexibility index (Phi) is 3.86. The summed E-state index contributed by atoms with van der Waals surface area (Å²) in [7, 11) is -3.16. The van der Waals surface area contributed by atoms with Crippen molar-refractivity contribution < 1.29 is 13.3 Å². The van der Waals surface area contributed by atoms with Gasteiger partial charge in [-0.1, -0.05) is 12.1 Å². The zero-order chi connectivity index (χ0) is 14.0. The predicted octanol–water partition coefficient (Wildman–Crippen LogP) is 1.42. The lowest BCUT2D eigenvalue weighted by molar-refractivity contribution is -0.385. The van der Waals surface area contributed by atoms with Gasteiger partial charge in [-0.15, -0.1) is 11.6 Å². The summed E-state index contributed by atoms with van der Waals surface area (Å²) in [6.07, 6.45) is 1.32. The summed E-state index contributed by atoms with van der Waals surface area (Å²) in [4.78, 5) is 14.4. The number of benzene rings is 1. The SMILES string of the molecule is O=[N+]([O-])c1ccccc1C=NC1CS(=O)(=O)CC1Cl. The Hall–Kier alpha value is -1.47. The molecule has 8 heteroatoms. The minimum atomic E-state index is -3.16. The van der Waals surface area contributed by atoms with Crippen molar-refractivity contribution >= 4 is 33.3 Å². The molecule has 102 valence electrons. The Morgan fingerprint density at radius 3 is 2.63 bits per heavy atom. The maximum atomic E-state index is 11.4. The maximum absolute atomic E-state index is 11.4. The molecule has 1 aliphatic rings. The second-order valence-electron chi connectivity index (χ2n) is 4.25. The van der Waals surface area contributed by atoms with Crippen LogP contribution in [0.5, 0.6) is 0 Å². The normalized spacial score (nSPS) is 25.7. The molecule has 1 fully saturated rings. The molecule has 0 N–H and O–H groups in total. The second kappa shape index (κ2) is 5.26. The monoisotopic (exact) mass is 302 g/mol. The lowest BCUT2D eigenvalue weighted by Gasteiger charge is -2.04. The van der Waals surface area contributed by atoms with Gasteiger partial charge >= 0.3 is 0 Å². The van der Waals surface area contributed by atoms with Gasteiger partial charge in [0.1, 0.15) is 0 Å². The molecule has 0 radical (unpaired) electrons. The third-order valence-corrected chi connectivity index (χ3v) is 5.14. The van der Waals surface area contributed by atoms with Gasteiger partial charge in [0.15, 0.2) is 9.84 Å². The molecule has 0 spiro atoms. The number of alkyl halides is 1. The van der Waals surface area contributed by atoms with Crippen molar-refractivity contribution in [1.29, 1.82) is 0 Å². The van der Waals surface area contributed by atoms with Crippen LogP contribution in [0.15, 0.2) is 29.3 Å². The van der Waals surface area contributed by atoms with Gasteiger partial charge in [0.2, 0.25) is 0 Å². The van der Waals surface area contributed by atoms with Crippen LogP contribution < -0.4 is 0 Å². The third-order valence-electron chi connectivity index (χ3n) is 2.79. The molecule has 2 rings (SSSR count). The minimum absolute atomic E-state index is 0.0711. The third kappa shape index (κ3) is 3.30. The molecular weight excluding hydrogens is 292 g/mol. The van der Waals surface area contributed by atoms with E-state index in [9.17, 15) is 18.5 Å². The number of aliphatic imine (C=N–C) groups is 1. The second-order valence-corrected chi connectivity index (χ2v) is 6.97. The van der Waals surface area contributed by atoms with Gasteiger partial charge in [-0.25, -0.2) is 8.42 Å². The van der Waals surface area contributed by atoms with Crippen LogP contribution in [-0.2, 0) is 9.84 Å². The molecule has 2 atom stereocenters. The van der Waals surface area contributed by atoms with E-state index >= 15 is 0 Å². The van der Waals surface area contributed by atoms with Crippen LogP contribution >= 0.6 is 11.6 Å². The molecule has 0 aliphatic carbocycles. The Bertz CT molecular complexity index is 629. The fourth-order valence-corrected chi connectivity index (χ4v) is 4.38. The molecule has 6 nitrogen and oxygen atoms in total. The fourth-order valence-electron chi connectivity index (χ4n) is 1.86. The molecular formula is C11H11ClN2O4S. The van der Waals surface area contributed by atoms with Gasteiger partial charge in [-0.05, 0) is 6.07 Å². The van der Waals surface area contributed by atoms with E-state index in [-0.39, 0.29) is 17.2 Å². The summed E-state index contributed by atoms with van der Waals surface area (Å²) in [5.74, 6) is -0.217. The molecule has 19 heavy (non-hydrogen) atoms. The van der Waals surface area contributed by atoms with Gasteiger partial charge in [0, 0.05) is 12.3 Å². The van der Waals surface area contributed by atoms with Crippen molar-refractivity contribution in [3.8, 4) is 0 Å². The highest BCUT2D eigenvalue weighted by Gasteiger charge is 2.35. The standard InChI is InChI=1S/C11H11ClN2O4S/c12-9-6-19(17,18)7-10(9)13-5-8-3-1-2-4-11(8)14(15)16/h1-5,9-10H,6-7H2. The van der Waals surface area contributed by atoms with E-state index in [0.29, 0.717) is 5.56 Å². The topological polar surface area (TPSA) is 89.6 Å². The number of nitro benzene ring substituents is 1. The van der Waals surface area contributed by atoms with E-state index in [1.807, 2.05) is 0 Å². The number of rotatable bonds is 3. The van der Waals surface area contributed by atoms with Crippen LogP contribution in [0.4, 0.5) is 5.69 Å². The van der Waals surface area contributed by atoms with Crippen molar-refractivity contribution in [1.82, 2.24) is 0 Å². The van der Waals surface area contributed by atoms with Crippen molar-refractivity contribution in [3.63, 3.8) is 0 Å². The van der Waals surface area contributed by atoms with Gasteiger partial charge < -0.3 is 0 Å². The summed E-state index contributed by atoms with van der Waals surface area (Å²) < 4.78 is 22.7. The van der Waals surface area contributed by atoms with Crippen LogP contribution in [0.25, 0.3) is 0 Å². The fraction of sp³-hybridized carbons (Fsp3) is 0.364. The average Bonchev–Trinajstić information content (AvgIpc) is 2.60. The first-order valence-electron chi connectivity index (χ1n) is 5.50. The number of sulfone groups is 1. The van der Waals surface area contributed by atoms with Gasteiger partial charge in [-0.3, -0.25) is 15.1 Å². The van der Waals surface area contributed by atoms with Crippen LogP contribution in [0.2, 0.25) is 0 Å². The number of halogens is 1. The molecule has 0 amide bonds. The van der Waals surface area contributed by atoms with Gasteiger partial charge in [-0.2, -0.15) is 0 Å². The number of para-hydroxylation sites is 1. The molecule has 1 saturated heterocycles. The van der Waals surface area contributed by atoms with Crippen molar-refractivity contribution in [3.05, 3.63) is 39.9 Å². The Balaban J connectivity index is 2.22. The first-order chi connectivity index (χ1) is 8.89. The van der Waals surface area contributed by atoms with Crippen molar-refractivity contribution in [2.75, 3.05) is 11.5 Å². The highest BCUT2D eigenvalue weighted by Crippen LogP contribution is 2.22. The lowest BCUT2D eigenvalue weighted by atomic mass is 10.2. The zero-order valence-electron chi connectivity index (χ0n) is 9.77. The minimum Gasteiger partial charge on any atom is -0.286 e. The van der Waals surface area contributed by atoms with Crippen LogP contribution in [-0.4, -0.2) is 42.5 Å². The van der Waals surface area contributed by atoms with E-state index < -0.39 is 26.2 Å². The molecule has 0 aromatic heterocycles. The Labute approximate surface area is 115 Å². The van der Waals surface area contributed by atoms with Crippen LogP contribution in [0.1, 0.15) is 5.56 Å². The quantitative estimate of drug-likeness (QED) is 0.365. The van der Waals surface area contributed by atoms with E-state index in [2.05, 4.69) is 4.99 Å². The summed E-state index contributed by atoms with van der Waals surface area (Å²) in [5, 5.41) is 10.2. The summed E-state index contributed by atoms with van der Waals surface area (Å²) in [5.41, 5.74) is 0.263. The molecule has 1 aromatic carbocycles. The Morgan fingerprint density at radius 2 is 2.05 bits per heavy atom. The predicted molar refractivity (Wildman–Crippen MR) is 72.8 cm³/mol. The number of hydrogen-bond donors (Lipinski definition) is 0. The summed E-state index contributed by atoms with van der Waals surface area (Å²) in [6, 6.07) is 5.57.